The average molecular weight is 252 g/mol. The van der Waals surface area contributed by atoms with Crippen LogP contribution in [0.5, 0.6) is 0 Å². The van der Waals surface area contributed by atoms with E-state index < -0.39 is 0 Å². The molecule has 0 unspecified atom stereocenters. The van der Waals surface area contributed by atoms with Gasteiger partial charge in [0.25, 0.3) is 5.91 Å². The van der Waals surface area contributed by atoms with Crippen LogP contribution in [0, 0.1) is 0 Å². The number of amides is 1. The molecule has 1 amide bonds. The van der Waals surface area contributed by atoms with Gasteiger partial charge in [0.05, 0.1) is 4.88 Å². The smallest absolute Gasteiger partial charge is 0.275 e. The minimum Gasteiger partial charge on any atom is -0.284 e. The molecule has 0 saturated carbocycles. The molecule has 2 rings (SSSR count). The van der Waals surface area contributed by atoms with E-state index in [1.807, 2.05) is 11.1 Å². The predicted octanol–water partition coefficient (Wildman–Crippen LogP) is 2.79. The van der Waals surface area contributed by atoms with E-state index in [4.69, 9.17) is 0 Å². The van der Waals surface area contributed by atoms with Crippen LogP contribution < -0.4 is 5.43 Å². The molecule has 0 atom stereocenters. The van der Waals surface area contributed by atoms with E-state index in [-0.39, 0.29) is 11.3 Å². The Morgan fingerprint density at radius 1 is 1.29 bits per heavy atom. The molecule has 1 aliphatic rings. The zero-order valence-electron chi connectivity index (χ0n) is 10.7. The zero-order valence-corrected chi connectivity index (χ0v) is 11.6. The Balaban J connectivity index is 2.01. The van der Waals surface area contributed by atoms with Crippen molar-refractivity contribution in [3.8, 4) is 0 Å². The van der Waals surface area contributed by atoms with Gasteiger partial charge in [0.15, 0.2) is 0 Å². The van der Waals surface area contributed by atoms with Crippen molar-refractivity contribution in [1.29, 1.82) is 0 Å². The lowest BCUT2D eigenvalue weighted by Crippen LogP contribution is -2.39. The molecular weight excluding hydrogens is 232 g/mol. The fourth-order valence-corrected chi connectivity index (χ4v) is 2.84. The third kappa shape index (κ3) is 3.07. The minimum absolute atomic E-state index is 0.0346. The SMILES string of the molecule is CC(C)(C)c1ccc(C(=O)NN2CCCC2)s1. The summed E-state index contributed by atoms with van der Waals surface area (Å²) in [7, 11) is 0. The topological polar surface area (TPSA) is 32.3 Å². The van der Waals surface area contributed by atoms with Gasteiger partial charge < -0.3 is 0 Å². The second-order valence-corrected chi connectivity index (χ2v) is 6.63. The van der Waals surface area contributed by atoms with Crippen molar-refractivity contribution in [2.75, 3.05) is 13.1 Å². The highest BCUT2D eigenvalue weighted by molar-refractivity contribution is 7.14. The van der Waals surface area contributed by atoms with E-state index in [9.17, 15) is 4.79 Å². The molecule has 3 nitrogen and oxygen atoms in total. The number of nitrogens with zero attached hydrogens (tertiary/aromatic N) is 1. The van der Waals surface area contributed by atoms with Crippen LogP contribution in [0.4, 0.5) is 0 Å². The number of nitrogens with one attached hydrogen (secondary N) is 1. The van der Waals surface area contributed by atoms with Crippen LogP contribution >= 0.6 is 11.3 Å². The Labute approximate surface area is 107 Å². The maximum absolute atomic E-state index is 12.0. The average Bonchev–Trinajstić information content (AvgIpc) is 2.85. The first-order valence-electron chi connectivity index (χ1n) is 6.13. The number of thiophene rings is 1. The normalized spacial score (nSPS) is 17.4. The maximum atomic E-state index is 12.0. The van der Waals surface area contributed by atoms with Crippen LogP contribution in [0.25, 0.3) is 0 Å². The van der Waals surface area contributed by atoms with Crippen molar-refractivity contribution in [2.24, 2.45) is 0 Å². The van der Waals surface area contributed by atoms with Crippen LogP contribution in [0.15, 0.2) is 12.1 Å². The molecule has 1 aromatic rings. The van der Waals surface area contributed by atoms with Crippen molar-refractivity contribution >= 4 is 17.2 Å². The summed E-state index contributed by atoms with van der Waals surface area (Å²) in [5.74, 6) is 0.0346. The molecule has 0 spiro atoms. The summed E-state index contributed by atoms with van der Waals surface area (Å²) in [5, 5.41) is 2.01. The van der Waals surface area contributed by atoms with Gasteiger partial charge in [-0.25, -0.2) is 5.01 Å². The van der Waals surface area contributed by atoms with Gasteiger partial charge in [-0.2, -0.15) is 0 Å². The highest BCUT2D eigenvalue weighted by atomic mass is 32.1. The quantitative estimate of drug-likeness (QED) is 0.878. The molecule has 0 aromatic carbocycles. The molecule has 0 radical (unpaired) electrons. The van der Waals surface area contributed by atoms with E-state index in [1.165, 1.54) is 17.7 Å². The largest absolute Gasteiger partial charge is 0.284 e. The molecule has 1 saturated heterocycles. The van der Waals surface area contributed by atoms with Gasteiger partial charge in [0, 0.05) is 18.0 Å². The Kier molecular flexibility index (Phi) is 3.54. The fraction of sp³-hybridized carbons (Fsp3) is 0.615. The Hall–Kier alpha value is -0.870. The standard InChI is InChI=1S/C13H20N2OS/c1-13(2,3)11-7-6-10(17-11)12(16)14-15-8-4-5-9-15/h6-7H,4-5,8-9H2,1-3H3,(H,14,16). The monoisotopic (exact) mass is 252 g/mol. The van der Waals surface area contributed by atoms with Crippen LogP contribution in [0.2, 0.25) is 0 Å². The highest BCUT2D eigenvalue weighted by Gasteiger charge is 2.20. The number of carbonyl (C=O) groups excluding carboxylic acids is 1. The Morgan fingerprint density at radius 2 is 1.94 bits per heavy atom. The molecule has 1 aromatic heterocycles. The first-order valence-corrected chi connectivity index (χ1v) is 6.95. The second kappa shape index (κ2) is 4.78. The third-order valence-electron chi connectivity index (χ3n) is 2.93. The van der Waals surface area contributed by atoms with Crippen LogP contribution in [0.3, 0.4) is 0 Å². The number of hydrogen-bond acceptors (Lipinski definition) is 3. The second-order valence-electron chi connectivity index (χ2n) is 5.55. The summed E-state index contributed by atoms with van der Waals surface area (Å²) in [6.07, 6.45) is 2.36. The Bertz CT molecular complexity index is 400. The van der Waals surface area contributed by atoms with Gasteiger partial charge >= 0.3 is 0 Å². The predicted molar refractivity (Wildman–Crippen MR) is 71.3 cm³/mol. The molecule has 0 bridgehead atoms. The highest BCUT2D eigenvalue weighted by Crippen LogP contribution is 2.29. The van der Waals surface area contributed by atoms with Crippen molar-refractivity contribution < 1.29 is 4.79 Å². The van der Waals surface area contributed by atoms with E-state index >= 15 is 0 Å². The lowest BCUT2D eigenvalue weighted by Gasteiger charge is -2.16. The summed E-state index contributed by atoms with van der Waals surface area (Å²) in [5.41, 5.74) is 3.09. The van der Waals surface area contributed by atoms with Crippen LogP contribution in [-0.2, 0) is 5.41 Å². The molecular formula is C13H20N2OS. The molecule has 94 valence electrons. The van der Waals surface area contributed by atoms with Crippen LogP contribution in [-0.4, -0.2) is 24.0 Å². The van der Waals surface area contributed by atoms with Gasteiger partial charge in [-0.15, -0.1) is 11.3 Å². The summed E-state index contributed by atoms with van der Waals surface area (Å²) >= 11 is 1.59. The van der Waals surface area contributed by atoms with E-state index in [2.05, 4.69) is 32.3 Å². The lowest BCUT2D eigenvalue weighted by atomic mass is 9.95. The molecule has 1 fully saturated rings. The summed E-state index contributed by atoms with van der Waals surface area (Å²) in [6, 6.07) is 3.99. The summed E-state index contributed by atoms with van der Waals surface area (Å²) in [4.78, 5) is 14.1. The van der Waals surface area contributed by atoms with Crippen molar-refractivity contribution in [1.82, 2.24) is 10.4 Å². The van der Waals surface area contributed by atoms with Gasteiger partial charge in [-0.05, 0) is 30.4 Å². The maximum Gasteiger partial charge on any atom is 0.275 e. The van der Waals surface area contributed by atoms with Crippen molar-refractivity contribution in [3.63, 3.8) is 0 Å². The van der Waals surface area contributed by atoms with E-state index in [0.717, 1.165) is 18.0 Å². The first-order chi connectivity index (χ1) is 7.97. The molecule has 2 heterocycles. The molecule has 17 heavy (non-hydrogen) atoms. The molecule has 1 N–H and O–H groups in total. The fourth-order valence-electron chi connectivity index (χ4n) is 1.89. The molecule has 1 aliphatic heterocycles. The van der Waals surface area contributed by atoms with Crippen molar-refractivity contribution in [2.45, 2.75) is 39.0 Å². The Morgan fingerprint density at radius 3 is 2.47 bits per heavy atom. The first kappa shape index (κ1) is 12.6. The van der Waals surface area contributed by atoms with Gasteiger partial charge in [0.1, 0.15) is 0 Å². The zero-order chi connectivity index (χ0) is 12.5. The number of hydrazine groups is 1. The number of hydrogen-bond donors (Lipinski definition) is 1. The molecule has 4 heteroatoms. The van der Waals surface area contributed by atoms with E-state index in [0.29, 0.717) is 0 Å². The minimum atomic E-state index is 0.0346. The van der Waals surface area contributed by atoms with E-state index in [1.54, 1.807) is 11.3 Å². The van der Waals surface area contributed by atoms with Gasteiger partial charge in [0.2, 0.25) is 0 Å². The number of carbonyl (C=O) groups is 1. The summed E-state index contributed by atoms with van der Waals surface area (Å²) in [6.45, 7) is 8.45. The lowest BCUT2D eigenvalue weighted by molar-refractivity contribution is 0.0830. The third-order valence-corrected chi connectivity index (χ3v) is 4.44. The van der Waals surface area contributed by atoms with Crippen molar-refractivity contribution in [3.05, 3.63) is 21.9 Å². The molecule has 0 aliphatic carbocycles. The van der Waals surface area contributed by atoms with Gasteiger partial charge in [-0.1, -0.05) is 20.8 Å². The summed E-state index contributed by atoms with van der Waals surface area (Å²) < 4.78 is 0. The van der Waals surface area contributed by atoms with Crippen LogP contribution in [0.1, 0.15) is 48.2 Å². The number of rotatable bonds is 2. The van der Waals surface area contributed by atoms with Gasteiger partial charge in [-0.3, -0.25) is 10.2 Å².